The van der Waals surface area contributed by atoms with Crippen molar-refractivity contribution in [2.75, 3.05) is 0 Å². The molecule has 0 radical (unpaired) electrons. The van der Waals surface area contributed by atoms with Crippen molar-refractivity contribution in [1.29, 1.82) is 0 Å². The van der Waals surface area contributed by atoms with E-state index in [4.69, 9.17) is 20.9 Å². The number of carbonyl (C=O) groups is 1. The molecular formula is C15H13ClF3NO3. The highest BCUT2D eigenvalue weighted by molar-refractivity contribution is 6.30. The summed E-state index contributed by atoms with van der Waals surface area (Å²) in [5.41, 5.74) is -2.13. The molecule has 1 aromatic heterocycles. The largest absolute Gasteiger partial charge is 0.426 e. The molecule has 4 nitrogen and oxygen atoms in total. The van der Waals surface area contributed by atoms with Crippen molar-refractivity contribution in [2.24, 2.45) is 0 Å². The minimum absolute atomic E-state index is 0.0660. The van der Waals surface area contributed by atoms with E-state index in [1.54, 1.807) is 12.1 Å². The summed E-state index contributed by atoms with van der Waals surface area (Å²) in [5, 5.41) is 3.98. The molecule has 1 aromatic carbocycles. The Hall–Kier alpha value is -2.02. The standard InChI is InChI=1S/C15H13ClF3NO3/c1-14(2,15(17,18)19)12-7-10(20-23-12)8-13(21)22-11-5-3-9(16)4-6-11/h3-7H,8H2,1-2H3. The minimum Gasteiger partial charge on any atom is -0.426 e. The van der Waals surface area contributed by atoms with Gasteiger partial charge in [0.1, 0.15) is 11.2 Å². The first-order valence-electron chi connectivity index (χ1n) is 6.58. The number of hydrogen-bond acceptors (Lipinski definition) is 4. The van der Waals surface area contributed by atoms with Gasteiger partial charge in [0.15, 0.2) is 5.76 Å². The second kappa shape index (κ2) is 6.23. The van der Waals surface area contributed by atoms with Crippen LogP contribution in [0.4, 0.5) is 13.2 Å². The van der Waals surface area contributed by atoms with Gasteiger partial charge in [0.05, 0.1) is 12.1 Å². The maximum absolute atomic E-state index is 12.9. The van der Waals surface area contributed by atoms with E-state index in [1.165, 1.54) is 12.1 Å². The molecule has 0 unspecified atom stereocenters. The van der Waals surface area contributed by atoms with Crippen molar-refractivity contribution in [1.82, 2.24) is 5.16 Å². The van der Waals surface area contributed by atoms with E-state index in [0.29, 0.717) is 5.02 Å². The van der Waals surface area contributed by atoms with Crippen LogP contribution in [0, 0.1) is 0 Å². The fourth-order valence-corrected chi connectivity index (χ4v) is 1.77. The third-order valence-electron chi connectivity index (χ3n) is 3.25. The molecule has 0 bridgehead atoms. The Morgan fingerprint density at radius 2 is 1.87 bits per heavy atom. The number of rotatable bonds is 4. The summed E-state index contributed by atoms with van der Waals surface area (Å²) < 4.78 is 48.5. The average molecular weight is 348 g/mol. The first-order valence-corrected chi connectivity index (χ1v) is 6.96. The molecule has 2 aromatic rings. The molecule has 1 heterocycles. The summed E-state index contributed by atoms with van der Waals surface area (Å²) >= 11 is 5.71. The van der Waals surface area contributed by atoms with Crippen LogP contribution in [0.2, 0.25) is 5.02 Å². The lowest BCUT2D eigenvalue weighted by Crippen LogP contribution is -2.35. The van der Waals surface area contributed by atoms with E-state index in [2.05, 4.69) is 5.16 Å². The van der Waals surface area contributed by atoms with Crippen LogP contribution in [0.3, 0.4) is 0 Å². The van der Waals surface area contributed by atoms with Gasteiger partial charge in [-0.1, -0.05) is 16.8 Å². The highest BCUT2D eigenvalue weighted by atomic mass is 35.5. The molecule has 23 heavy (non-hydrogen) atoms. The van der Waals surface area contributed by atoms with Gasteiger partial charge in [-0.15, -0.1) is 0 Å². The van der Waals surface area contributed by atoms with Crippen LogP contribution >= 0.6 is 11.6 Å². The number of aromatic nitrogens is 1. The van der Waals surface area contributed by atoms with Gasteiger partial charge >= 0.3 is 12.1 Å². The van der Waals surface area contributed by atoms with Crippen molar-refractivity contribution in [2.45, 2.75) is 31.9 Å². The lowest BCUT2D eigenvalue weighted by atomic mass is 9.89. The molecule has 0 spiro atoms. The summed E-state index contributed by atoms with van der Waals surface area (Å²) in [6.07, 6.45) is -4.80. The number of hydrogen-bond donors (Lipinski definition) is 0. The van der Waals surface area contributed by atoms with Crippen LogP contribution in [0.1, 0.15) is 25.3 Å². The monoisotopic (exact) mass is 347 g/mol. The second-order valence-corrected chi connectivity index (χ2v) is 5.85. The molecule has 0 atom stereocenters. The Balaban J connectivity index is 2.04. The number of halogens is 4. The smallest absolute Gasteiger partial charge is 0.401 e. The molecule has 0 aliphatic heterocycles. The normalized spacial score (nSPS) is 12.3. The molecule has 0 saturated heterocycles. The maximum Gasteiger partial charge on any atom is 0.401 e. The topological polar surface area (TPSA) is 52.3 Å². The number of benzene rings is 1. The molecule has 0 aliphatic carbocycles. The average Bonchev–Trinajstić information content (AvgIpc) is 2.89. The molecule has 124 valence electrons. The van der Waals surface area contributed by atoms with Crippen LogP contribution in [-0.2, 0) is 16.6 Å². The van der Waals surface area contributed by atoms with E-state index in [9.17, 15) is 18.0 Å². The first-order chi connectivity index (χ1) is 10.6. The minimum atomic E-state index is -4.49. The van der Waals surface area contributed by atoms with E-state index in [-0.39, 0.29) is 23.6 Å². The van der Waals surface area contributed by atoms with Gasteiger partial charge < -0.3 is 9.26 Å². The maximum atomic E-state index is 12.9. The van der Waals surface area contributed by atoms with Gasteiger partial charge in [0.2, 0.25) is 0 Å². The quantitative estimate of drug-likeness (QED) is 0.610. The fourth-order valence-electron chi connectivity index (χ4n) is 1.65. The summed E-state index contributed by atoms with van der Waals surface area (Å²) in [7, 11) is 0. The number of nitrogens with zero attached hydrogens (tertiary/aromatic N) is 1. The lowest BCUT2D eigenvalue weighted by molar-refractivity contribution is -0.185. The molecule has 2 rings (SSSR count). The molecule has 0 saturated carbocycles. The first kappa shape index (κ1) is 17.3. The predicted molar refractivity (Wildman–Crippen MR) is 76.4 cm³/mol. The van der Waals surface area contributed by atoms with Gasteiger partial charge in [-0.3, -0.25) is 4.79 Å². The fraction of sp³-hybridized carbons (Fsp3) is 0.333. The van der Waals surface area contributed by atoms with Crippen molar-refractivity contribution in [3.63, 3.8) is 0 Å². The Morgan fingerprint density at radius 3 is 2.43 bits per heavy atom. The third kappa shape index (κ3) is 4.04. The van der Waals surface area contributed by atoms with E-state index in [0.717, 1.165) is 19.9 Å². The Labute approximate surface area is 135 Å². The van der Waals surface area contributed by atoms with Crippen LogP contribution < -0.4 is 4.74 Å². The van der Waals surface area contributed by atoms with Crippen LogP contribution in [0.15, 0.2) is 34.9 Å². The molecule has 0 N–H and O–H groups in total. The van der Waals surface area contributed by atoms with Crippen molar-refractivity contribution < 1.29 is 27.2 Å². The Bertz CT molecular complexity index is 693. The second-order valence-electron chi connectivity index (χ2n) is 5.41. The van der Waals surface area contributed by atoms with Crippen LogP contribution in [0.5, 0.6) is 5.75 Å². The number of ether oxygens (including phenoxy) is 1. The summed E-state index contributed by atoms with van der Waals surface area (Å²) in [6.45, 7) is 1.95. The SMILES string of the molecule is CC(C)(c1cc(CC(=O)Oc2ccc(Cl)cc2)no1)C(F)(F)F. The van der Waals surface area contributed by atoms with Gasteiger partial charge in [-0.2, -0.15) is 13.2 Å². The summed E-state index contributed by atoms with van der Waals surface area (Å²) in [4.78, 5) is 11.8. The summed E-state index contributed by atoms with van der Waals surface area (Å²) in [5.74, 6) is -0.755. The van der Waals surface area contributed by atoms with E-state index < -0.39 is 17.6 Å². The highest BCUT2D eigenvalue weighted by Gasteiger charge is 2.51. The van der Waals surface area contributed by atoms with Crippen LogP contribution in [-0.4, -0.2) is 17.3 Å². The Morgan fingerprint density at radius 1 is 1.26 bits per heavy atom. The lowest BCUT2D eigenvalue weighted by Gasteiger charge is -2.24. The zero-order valence-corrected chi connectivity index (χ0v) is 13.0. The third-order valence-corrected chi connectivity index (χ3v) is 3.51. The van der Waals surface area contributed by atoms with Gasteiger partial charge in [-0.25, -0.2) is 0 Å². The molecule has 8 heteroatoms. The zero-order valence-electron chi connectivity index (χ0n) is 12.3. The number of carbonyl (C=O) groups excluding carboxylic acids is 1. The number of esters is 1. The zero-order chi connectivity index (χ0) is 17.3. The number of alkyl halides is 3. The predicted octanol–water partition coefficient (Wildman–Crippen LogP) is 4.32. The van der Waals surface area contributed by atoms with Crippen molar-refractivity contribution >= 4 is 17.6 Å². The van der Waals surface area contributed by atoms with E-state index >= 15 is 0 Å². The van der Waals surface area contributed by atoms with Crippen molar-refractivity contribution in [3.8, 4) is 5.75 Å². The molecular weight excluding hydrogens is 335 g/mol. The molecule has 0 amide bonds. The van der Waals surface area contributed by atoms with Gasteiger partial charge in [0.25, 0.3) is 0 Å². The Kier molecular flexibility index (Phi) is 4.70. The van der Waals surface area contributed by atoms with Crippen LogP contribution in [0.25, 0.3) is 0 Å². The van der Waals surface area contributed by atoms with Gasteiger partial charge in [0, 0.05) is 11.1 Å². The molecule has 0 aliphatic rings. The van der Waals surface area contributed by atoms with Gasteiger partial charge in [-0.05, 0) is 38.1 Å². The van der Waals surface area contributed by atoms with E-state index in [1.807, 2.05) is 0 Å². The van der Waals surface area contributed by atoms with Crippen molar-refractivity contribution in [3.05, 3.63) is 46.8 Å². The highest BCUT2D eigenvalue weighted by Crippen LogP contribution is 2.40. The molecule has 0 fully saturated rings. The summed E-state index contributed by atoms with van der Waals surface area (Å²) in [6, 6.07) is 7.20.